The van der Waals surface area contributed by atoms with E-state index in [1.54, 1.807) is 36.6 Å². The second-order valence-electron chi connectivity index (χ2n) is 5.74. The molecule has 146 valence electrons. The van der Waals surface area contributed by atoms with Gasteiger partial charge in [-0.3, -0.25) is 20.3 Å². The SMILES string of the molecule is CCC(=O)C(NC(=O)c1ccc(C(=N)SC)cc1)(Oc1ccccc1)C(=O)O. The van der Waals surface area contributed by atoms with Crippen LogP contribution in [0.1, 0.15) is 29.3 Å². The Bertz CT molecular complexity index is 883. The van der Waals surface area contributed by atoms with Crippen LogP contribution in [0.3, 0.4) is 0 Å². The summed E-state index contributed by atoms with van der Waals surface area (Å²) >= 11 is 1.25. The molecule has 2 rings (SSSR count). The Morgan fingerprint density at radius 3 is 2.14 bits per heavy atom. The Balaban J connectivity index is 2.35. The van der Waals surface area contributed by atoms with Crippen molar-refractivity contribution in [3.8, 4) is 5.75 Å². The van der Waals surface area contributed by atoms with E-state index < -0.39 is 23.4 Å². The lowest BCUT2D eigenvalue weighted by molar-refractivity contribution is -0.164. The molecule has 1 atom stereocenters. The van der Waals surface area contributed by atoms with Crippen LogP contribution in [0.25, 0.3) is 0 Å². The number of carbonyl (C=O) groups is 3. The van der Waals surface area contributed by atoms with E-state index in [9.17, 15) is 19.5 Å². The highest BCUT2D eigenvalue weighted by Crippen LogP contribution is 2.20. The van der Waals surface area contributed by atoms with E-state index in [2.05, 4.69) is 5.32 Å². The van der Waals surface area contributed by atoms with Crippen LogP contribution < -0.4 is 10.1 Å². The molecule has 0 aromatic heterocycles. The molecule has 0 heterocycles. The molecular weight excluding hydrogens is 380 g/mol. The maximum Gasteiger partial charge on any atom is 0.378 e. The van der Waals surface area contributed by atoms with Crippen LogP contribution in [0.4, 0.5) is 0 Å². The van der Waals surface area contributed by atoms with Gasteiger partial charge < -0.3 is 9.84 Å². The van der Waals surface area contributed by atoms with Crippen molar-refractivity contribution >= 4 is 34.5 Å². The number of ketones is 1. The first kappa shape index (κ1) is 21.2. The number of ether oxygens (including phenoxy) is 1. The molecule has 0 aliphatic carbocycles. The maximum atomic E-state index is 12.7. The molecular formula is C20H20N2O5S. The number of carbonyl (C=O) groups excluding carboxylic acids is 2. The number of hydrogen-bond acceptors (Lipinski definition) is 6. The highest BCUT2D eigenvalue weighted by molar-refractivity contribution is 8.13. The highest BCUT2D eigenvalue weighted by Gasteiger charge is 2.49. The maximum absolute atomic E-state index is 12.7. The number of amides is 1. The van der Waals surface area contributed by atoms with Gasteiger partial charge in [-0.15, -0.1) is 11.8 Å². The second kappa shape index (κ2) is 9.18. The number of benzene rings is 2. The first-order chi connectivity index (χ1) is 13.3. The average molecular weight is 400 g/mol. The molecule has 2 aromatic rings. The van der Waals surface area contributed by atoms with E-state index in [-0.39, 0.29) is 17.7 Å². The summed E-state index contributed by atoms with van der Waals surface area (Å²) < 4.78 is 5.47. The van der Waals surface area contributed by atoms with E-state index in [1.807, 2.05) is 0 Å². The van der Waals surface area contributed by atoms with E-state index in [0.29, 0.717) is 10.6 Å². The second-order valence-corrected chi connectivity index (χ2v) is 6.56. The van der Waals surface area contributed by atoms with Crippen molar-refractivity contribution in [2.24, 2.45) is 0 Å². The van der Waals surface area contributed by atoms with Gasteiger partial charge in [0.2, 0.25) is 5.78 Å². The van der Waals surface area contributed by atoms with Crippen molar-refractivity contribution in [3.05, 3.63) is 65.7 Å². The van der Waals surface area contributed by atoms with Crippen LogP contribution in [0.5, 0.6) is 5.75 Å². The molecule has 0 spiro atoms. The van der Waals surface area contributed by atoms with Gasteiger partial charge in [0.1, 0.15) is 5.75 Å². The van der Waals surface area contributed by atoms with Gasteiger partial charge in [-0.25, -0.2) is 4.79 Å². The number of nitrogens with one attached hydrogen (secondary N) is 2. The summed E-state index contributed by atoms with van der Waals surface area (Å²) in [6.45, 7) is 1.49. The van der Waals surface area contributed by atoms with Crippen molar-refractivity contribution in [2.75, 3.05) is 6.26 Å². The van der Waals surface area contributed by atoms with Gasteiger partial charge in [-0.2, -0.15) is 0 Å². The van der Waals surface area contributed by atoms with Crippen LogP contribution in [-0.4, -0.2) is 39.8 Å². The quantitative estimate of drug-likeness (QED) is 0.271. The summed E-state index contributed by atoms with van der Waals surface area (Å²) in [5, 5.41) is 20.1. The number of para-hydroxylation sites is 1. The number of carboxylic acid groups (broad SMARTS) is 1. The lowest BCUT2D eigenvalue weighted by Gasteiger charge is -2.29. The Kier molecular flexibility index (Phi) is 6.94. The molecule has 0 radical (unpaired) electrons. The standard InChI is InChI=1S/C20H20N2O5S/c1-3-16(23)20(19(25)26,27-15-7-5-4-6-8-15)22-18(24)14-11-9-13(10-12-14)17(21)28-2/h4-12,21H,3H2,1-2H3,(H,22,24)(H,25,26). The Morgan fingerprint density at radius 1 is 1.07 bits per heavy atom. The smallest absolute Gasteiger partial charge is 0.378 e. The minimum atomic E-state index is -2.54. The summed E-state index contributed by atoms with van der Waals surface area (Å²) in [7, 11) is 0. The fourth-order valence-electron chi connectivity index (χ4n) is 2.41. The summed E-state index contributed by atoms with van der Waals surface area (Å²) in [6.07, 6.45) is 1.62. The molecule has 0 aliphatic heterocycles. The summed E-state index contributed by atoms with van der Waals surface area (Å²) in [5.41, 5.74) is -1.78. The highest BCUT2D eigenvalue weighted by atomic mass is 32.2. The molecule has 7 nitrogen and oxygen atoms in total. The zero-order chi connectivity index (χ0) is 20.7. The summed E-state index contributed by atoms with van der Waals surface area (Å²) in [4.78, 5) is 37.1. The molecule has 3 N–H and O–H groups in total. The van der Waals surface area contributed by atoms with E-state index in [0.717, 1.165) is 0 Å². The Hall–Kier alpha value is -3.13. The van der Waals surface area contributed by atoms with E-state index in [4.69, 9.17) is 10.1 Å². The van der Waals surface area contributed by atoms with Crippen LogP contribution in [-0.2, 0) is 9.59 Å². The van der Waals surface area contributed by atoms with Gasteiger partial charge in [0.25, 0.3) is 5.91 Å². The molecule has 0 fully saturated rings. The number of rotatable bonds is 8. The first-order valence-electron chi connectivity index (χ1n) is 8.40. The van der Waals surface area contributed by atoms with Gasteiger partial charge in [-0.05, 0) is 30.5 Å². The van der Waals surface area contributed by atoms with Gasteiger partial charge >= 0.3 is 11.7 Å². The number of hydrogen-bond donors (Lipinski definition) is 3. The number of aliphatic carboxylic acids is 1. The minimum absolute atomic E-state index is 0.135. The van der Waals surface area contributed by atoms with Crippen LogP contribution in [0.2, 0.25) is 0 Å². The third-order valence-electron chi connectivity index (χ3n) is 3.93. The lowest BCUT2D eigenvalue weighted by atomic mass is 10.0. The van der Waals surface area contributed by atoms with Gasteiger partial charge in [-0.1, -0.05) is 37.3 Å². The fraction of sp³-hybridized carbons (Fsp3) is 0.200. The number of Topliss-reactive ketones (excluding diaryl/α,β-unsaturated/α-hetero) is 1. The Labute approximate surface area is 166 Å². The van der Waals surface area contributed by atoms with E-state index >= 15 is 0 Å². The number of thioether (sulfide) groups is 1. The topological polar surface area (TPSA) is 117 Å². The summed E-state index contributed by atoms with van der Waals surface area (Å²) in [6, 6.07) is 14.0. The van der Waals surface area contributed by atoms with Crippen molar-refractivity contribution in [2.45, 2.75) is 19.1 Å². The molecule has 0 aliphatic rings. The van der Waals surface area contributed by atoms with Crippen molar-refractivity contribution in [1.29, 1.82) is 5.41 Å². The number of carboxylic acids is 1. The largest absolute Gasteiger partial charge is 0.476 e. The minimum Gasteiger partial charge on any atom is -0.476 e. The monoisotopic (exact) mass is 400 g/mol. The van der Waals surface area contributed by atoms with Crippen molar-refractivity contribution in [1.82, 2.24) is 5.32 Å². The molecule has 1 amide bonds. The van der Waals surface area contributed by atoms with Gasteiger partial charge in [0.05, 0.1) is 5.04 Å². The van der Waals surface area contributed by atoms with Gasteiger partial charge in [0.15, 0.2) is 0 Å². The molecule has 28 heavy (non-hydrogen) atoms. The zero-order valence-corrected chi connectivity index (χ0v) is 16.2. The fourth-order valence-corrected chi connectivity index (χ4v) is 2.78. The normalized spacial score (nSPS) is 12.5. The average Bonchev–Trinajstić information content (AvgIpc) is 2.72. The molecule has 1 unspecified atom stereocenters. The van der Waals surface area contributed by atoms with Crippen molar-refractivity contribution in [3.63, 3.8) is 0 Å². The third kappa shape index (κ3) is 4.58. The van der Waals surface area contributed by atoms with E-state index in [1.165, 1.54) is 43.0 Å². The Morgan fingerprint density at radius 2 is 1.64 bits per heavy atom. The van der Waals surface area contributed by atoms with Crippen molar-refractivity contribution < 1.29 is 24.2 Å². The lowest BCUT2D eigenvalue weighted by Crippen LogP contribution is -2.64. The first-order valence-corrected chi connectivity index (χ1v) is 9.62. The predicted octanol–water partition coefficient (Wildman–Crippen LogP) is 2.94. The van der Waals surface area contributed by atoms with Crippen LogP contribution in [0.15, 0.2) is 54.6 Å². The van der Waals surface area contributed by atoms with Crippen LogP contribution in [0, 0.1) is 5.41 Å². The molecule has 0 bridgehead atoms. The van der Waals surface area contributed by atoms with Gasteiger partial charge in [0, 0.05) is 17.5 Å². The molecule has 0 saturated heterocycles. The predicted molar refractivity (Wildman–Crippen MR) is 107 cm³/mol. The summed E-state index contributed by atoms with van der Waals surface area (Å²) in [5.74, 6) is -3.05. The molecule has 0 saturated carbocycles. The van der Waals surface area contributed by atoms with Crippen LogP contribution >= 0.6 is 11.8 Å². The zero-order valence-electron chi connectivity index (χ0n) is 15.4. The molecule has 8 heteroatoms. The molecule has 2 aromatic carbocycles. The third-order valence-corrected chi connectivity index (χ3v) is 4.58.